The molecule has 2 rings (SSSR count). The van der Waals surface area contributed by atoms with E-state index in [1.54, 1.807) is 32.2 Å². The fraction of sp³-hybridized carbons (Fsp3) is 0.467. The summed E-state index contributed by atoms with van der Waals surface area (Å²) in [7, 11) is 1.55. The summed E-state index contributed by atoms with van der Waals surface area (Å²) in [5, 5.41) is 9.34. The number of carboxylic acid groups (broad SMARTS) is 1. The Morgan fingerprint density at radius 2 is 2.10 bits per heavy atom. The molecule has 1 aromatic carbocycles. The molecule has 1 N–H and O–H groups in total. The van der Waals surface area contributed by atoms with Crippen LogP contribution in [0.25, 0.3) is 0 Å². The maximum absolute atomic E-state index is 13.6. The van der Waals surface area contributed by atoms with Crippen molar-refractivity contribution in [3.8, 4) is 0 Å². The van der Waals surface area contributed by atoms with Crippen LogP contribution >= 0.6 is 0 Å². The van der Waals surface area contributed by atoms with Gasteiger partial charge in [-0.05, 0) is 25.8 Å². The van der Waals surface area contributed by atoms with E-state index in [9.17, 15) is 19.1 Å². The Hall–Kier alpha value is -2.11. The number of carbonyl (C=O) groups is 2. The molecule has 1 atom stereocenters. The highest BCUT2D eigenvalue weighted by Gasteiger charge is 2.46. The first-order chi connectivity index (χ1) is 9.86. The van der Waals surface area contributed by atoms with Crippen LogP contribution in [0, 0.1) is 5.82 Å². The zero-order chi connectivity index (χ0) is 15.6. The summed E-state index contributed by atoms with van der Waals surface area (Å²) in [6, 6.07) is 5.85. The van der Waals surface area contributed by atoms with Crippen molar-refractivity contribution in [1.29, 1.82) is 0 Å². The molecule has 1 heterocycles. The van der Waals surface area contributed by atoms with Crippen LogP contribution in [0.5, 0.6) is 0 Å². The van der Waals surface area contributed by atoms with Gasteiger partial charge in [0.15, 0.2) is 0 Å². The molecule has 114 valence electrons. The molecule has 1 saturated heterocycles. The molecular weight excluding hydrogens is 275 g/mol. The van der Waals surface area contributed by atoms with E-state index in [1.165, 1.54) is 15.9 Å². The SMILES string of the molecule is CN(Cc1ccccc1F)C(=O)N1CCCC1(C)C(=O)O. The summed E-state index contributed by atoms with van der Waals surface area (Å²) in [6.45, 7) is 2.07. The maximum Gasteiger partial charge on any atom is 0.329 e. The first kappa shape index (κ1) is 15.3. The van der Waals surface area contributed by atoms with E-state index < -0.39 is 11.5 Å². The van der Waals surface area contributed by atoms with Crippen molar-refractivity contribution in [2.24, 2.45) is 0 Å². The topological polar surface area (TPSA) is 60.9 Å². The van der Waals surface area contributed by atoms with Crippen LogP contribution in [0.15, 0.2) is 24.3 Å². The van der Waals surface area contributed by atoms with Crippen LogP contribution in [0.3, 0.4) is 0 Å². The number of carbonyl (C=O) groups excluding carboxylic acids is 1. The van der Waals surface area contributed by atoms with Crippen LogP contribution in [0.4, 0.5) is 9.18 Å². The molecule has 1 aromatic rings. The van der Waals surface area contributed by atoms with Crippen LogP contribution in [0.2, 0.25) is 0 Å². The van der Waals surface area contributed by atoms with E-state index in [0.717, 1.165) is 0 Å². The van der Waals surface area contributed by atoms with Gasteiger partial charge in [-0.1, -0.05) is 18.2 Å². The maximum atomic E-state index is 13.6. The second-order valence-corrected chi connectivity index (χ2v) is 5.56. The van der Waals surface area contributed by atoms with Gasteiger partial charge in [0, 0.05) is 25.7 Å². The number of hydrogen-bond donors (Lipinski definition) is 1. The average Bonchev–Trinajstić information content (AvgIpc) is 2.84. The van der Waals surface area contributed by atoms with Gasteiger partial charge in [-0.15, -0.1) is 0 Å². The standard InChI is InChI=1S/C15H19FN2O3/c1-15(13(19)20)8-5-9-18(15)14(21)17(2)10-11-6-3-4-7-12(11)16/h3-4,6-7H,5,8-10H2,1-2H3,(H,19,20). The minimum Gasteiger partial charge on any atom is -0.480 e. The van der Waals surface area contributed by atoms with Gasteiger partial charge in [-0.3, -0.25) is 0 Å². The third-order valence-corrected chi connectivity index (χ3v) is 4.02. The molecule has 0 radical (unpaired) electrons. The summed E-state index contributed by atoms with van der Waals surface area (Å²) < 4.78 is 13.6. The second-order valence-electron chi connectivity index (χ2n) is 5.56. The molecule has 1 aliphatic rings. The van der Waals surface area contributed by atoms with Gasteiger partial charge < -0.3 is 14.9 Å². The van der Waals surface area contributed by atoms with Crippen molar-refractivity contribution in [1.82, 2.24) is 9.80 Å². The number of benzene rings is 1. The molecule has 1 aliphatic heterocycles. The Kier molecular flexibility index (Phi) is 4.16. The summed E-state index contributed by atoms with van der Waals surface area (Å²) in [5.74, 6) is -1.38. The Bertz CT molecular complexity index is 564. The summed E-state index contributed by atoms with van der Waals surface area (Å²) in [5.41, 5.74) is -0.773. The summed E-state index contributed by atoms with van der Waals surface area (Å²) >= 11 is 0. The number of hydrogen-bond acceptors (Lipinski definition) is 2. The van der Waals surface area contributed by atoms with E-state index in [1.807, 2.05) is 0 Å². The number of rotatable bonds is 3. The highest BCUT2D eigenvalue weighted by Crippen LogP contribution is 2.30. The molecule has 0 saturated carbocycles. The van der Waals surface area contributed by atoms with E-state index in [0.29, 0.717) is 24.9 Å². The van der Waals surface area contributed by atoms with Gasteiger partial charge in [0.2, 0.25) is 0 Å². The number of nitrogens with zero attached hydrogens (tertiary/aromatic N) is 2. The zero-order valence-electron chi connectivity index (χ0n) is 12.2. The largest absolute Gasteiger partial charge is 0.480 e. The van der Waals surface area contributed by atoms with Crippen LogP contribution in [0.1, 0.15) is 25.3 Å². The Morgan fingerprint density at radius 1 is 1.43 bits per heavy atom. The Balaban J connectivity index is 2.13. The lowest BCUT2D eigenvalue weighted by atomic mass is 10.00. The summed E-state index contributed by atoms with van der Waals surface area (Å²) in [6.07, 6.45) is 1.09. The molecule has 0 bridgehead atoms. The molecule has 0 aromatic heterocycles. The molecule has 6 heteroatoms. The molecule has 1 unspecified atom stereocenters. The smallest absolute Gasteiger partial charge is 0.329 e. The van der Waals surface area contributed by atoms with Crippen molar-refractivity contribution in [2.45, 2.75) is 31.8 Å². The lowest BCUT2D eigenvalue weighted by molar-refractivity contribution is -0.147. The minimum atomic E-state index is -1.18. The highest BCUT2D eigenvalue weighted by atomic mass is 19.1. The molecule has 21 heavy (non-hydrogen) atoms. The number of halogens is 1. The van der Waals surface area contributed by atoms with E-state index in [4.69, 9.17) is 0 Å². The minimum absolute atomic E-state index is 0.109. The Labute approximate surface area is 123 Å². The first-order valence-corrected chi connectivity index (χ1v) is 6.86. The van der Waals surface area contributed by atoms with Crippen LogP contribution < -0.4 is 0 Å². The predicted octanol–water partition coefficient (Wildman–Crippen LogP) is 2.32. The normalized spacial score (nSPS) is 21.4. The molecule has 1 fully saturated rings. The van der Waals surface area contributed by atoms with E-state index >= 15 is 0 Å². The third kappa shape index (κ3) is 2.84. The van der Waals surface area contributed by atoms with Gasteiger partial charge >= 0.3 is 12.0 Å². The molecular formula is C15H19FN2O3. The van der Waals surface area contributed by atoms with E-state index in [-0.39, 0.29) is 18.4 Å². The quantitative estimate of drug-likeness (QED) is 0.930. The average molecular weight is 294 g/mol. The second kappa shape index (κ2) is 5.71. The number of amides is 2. The number of carboxylic acids is 1. The third-order valence-electron chi connectivity index (χ3n) is 4.02. The fourth-order valence-corrected chi connectivity index (χ4v) is 2.65. The van der Waals surface area contributed by atoms with Crippen molar-refractivity contribution in [3.05, 3.63) is 35.6 Å². The molecule has 5 nitrogen and oxygen atoms in total. The lowest BCUT2D eigenvalue weighted by Gasteiger charge is -2.34. The van der Waals surface area contributed by atoms with Gasteiger partial charge in [0.1, 0.15) is 11.4 Å². The van der Waals surface area contributed by atoms with Crippen molar-refractivity contribution >= 4 is 12.0 Å². The van der Waals surface area contributed by atoms with Crippen molar-refractivity contribution in [3.63, 3.8) is 0 Å². The van der Waals surface area contributed by atoms with Gasteiger partial charge in [0.05, 0.1) is 0 Å². The molecule has 0 aliphatic carbocycles. The lowest BCUT2D eigenvalue weighted by Crippen LogP contribution is -2.54. The number of likely N-dealkylation sites (tertiary alicyclic amines) is 1. The highest BCUT2D eigenvalue weighted by molar-refractivity contribution is 5.86. The van der Waals surface area contributed by atoms with Gasteiger partial charge in [0.25, 0.3) is 0 Å². The van der Waals surface area contributed by atoms with Gasteiger partial charge in [-0.25, -0.2) is 14.0 Å². The summed E-state index contributed by atoms with van der Waals surface area (Å²) in [4.78, 5) is 26.6. The monoisotopic (exact) mass is 294 g/mol. The van der Waals surface area contributed by atoms with E-state index in [2.05, 4.69) is 0 Å². The fourth-order valence-electron chi connectivity index (χ4n) is 2.65. The van der Waals surface area contributed by atoms with Crippen molar-refractivity contribution < 1.29 is 19.1 Å². The van der Waals surface area contributed by atoms with Gasteiger partial charge in [-0.2, -0.15) is 0 Å². The molecule has 0 spiro atoms. The Morgan fingerprint density at radius 3 is 2.71 bits per heavy atom. The molecule has 2 amide bonds. The predicted molar refractivity (Wildman–Crippen MR) is 75.2 cm³/mol. The first-order valence-electron chi connectivity index (χ1n) is 6.86. The number of aliphatic carboxylic acids is 1. The number of urea groups is 1. The zero-order valence-corrected chi connectivity index (χ0v) is 12.2. The van der Waals surface area contributed by atoms with Crippen molar-refractivity contribution in [2.75, 3.05) is 13.6 Å². The van der Waals surface area contributed by atoms with Crippen LogP contribution in [-0.2, 0) is 11.3 Å². The van der Waals surface area contributed by atoms with Crippen LogP contribution in [-0.4, -0.2) is 46.0 Å².